The molecule has 2 rings (SSSR count). The van der Waals surface area contributed by atoms with Crippen molar-refractivity contribution in [3.8, 4) is 0 Å². The van der Waals surface area contributed by atoms with Gasteiger partial charge in [0, 0.05) is 19.6 Å². The molecule has 114 valence electrons. The highest BCUT2D eigenvalue weighted by atomic mass is 16.5. The molecular weight excluding hydrogens is 260 g/mol. The molecule has 2 fully saturated rings. The lowest BCUT2D eigenvalue weighted by molar-refractivity contribution is -0.149. The van der Waals surface area contributed by atoms with Gasteiger partial charge in [0.05, 0.1) is 24.5 Å². The van der Waals surface area contributed by atoms with Crippen molar-refractivity contribution in [1.82, 2.24) is 4.90 Å². The second-order valence-corrected chi connectivity index (χ2v) is 5.84. The van der Waals surface area contributed by atoms with Crippen LogP contribution in [0.2, 0.25) is 0 Å². The van der Waals surface area contributed by atoms with Gasteiger partial charge < -0.3 is 20.5 Å². The summed E-state index contributed by atoms with van der Waals surface area (Å²) in [5, 5.41) is 8.56. The molecule has 1 saturated carbocycles. The van der Waals surface area contributed by atoms with Crippen molar-refractivity contribution in [2.45, 2.75) is 44.6 Å². The van der Waals surface area contributed by atoms with Gasteiger partial charge in [-0.15, -0.1) is 0 Å². The number of nitrogens with zero attached hydrogens (tertiary/aromatic N) is 1. The van der Waals surface area contributed by atoms with Crippen LogP contribution in [-0.4, -0.2) is 54.2 Å². The van der Waals surface area contributed by atoms with Crippen molar-refractivity contribution in [1.29, 1.82) is 0 Å². The lowest BCUT2D eigenvalue weighted by Crippen LogP contribution is -2.54. The molecule has 0 bridgehead atoms. The van der Waals surface area contributed by atoms with E-state index in [2.05, 4.69) is 0 Å². The van der Waals surface area contributed by atoms with Gasteiger partial charge in [-0.3, -0.25) is 9.59 Å². The fourth-order valence-corrected chi connectivity index (χ4v) is 2.98. The van der Waals surface area contributed by atoms with E-state index in [1.54, 1.807) is 0 Å². The number of amides is 1. The van der Waals surface area contributed by atoms with Crippen LogP contribution in [0.4, 0.5) is 0 Å². The van der Waals surface area contributed by atoms with Crippen LogP contribution in [0.3, 0.4) is 0 Å². The van der Waals surface area contributed by atoms with Crippen molar-refractivity contribution in [3.05, 3.63) is 0 Å². The molecule has 1 amide bonds. The number of piperidine rings is 1. The van der Waals surface area contributed by atoms with E-state index in [0.29, 0.717) is 19.6 Å². The average Bonchev–Trinajstić information content (AvgIpc) is 2.38. The Labute approximate surface area is 119 Å². The number of nitrogens with two attached hydrogens (primary N) is 1. The molecule has 0 radical (unpaired) electrons. The van der Waals surface area contributed by atoms with Gasteiger partial charge in [-0.2, -0.15) is 0 Å². The smallest absolute Gasteiger partial charge is 0.305 e. The van der Waals surface area contributed by atoms with E-state index in [1.807, 2.05) is 4.90 Å². The number of hydrogen-bond acceptors (Lipinski definition) is 4. The molecule has 20 heavy (non-hydrogen) atoms. The molecule has 6 heteroatoms. The number of carboxylic acids is 1. The molecule has 6 nitrogen and oxygen atoms in total. The maximum absolute atomic E-state index is 12.5. The van der Waals surface area contributed by atoms with Crippen LogP contribution in [0.25, 0.3) is 0 Å². The molecule has 1 saturated heterocycles. The number of carbonyl (C=O) groups is 2. The minimum absolute atomic E-state index is 0.0371. The lowest BCUT2D eigenvalue weighted by Gasteiger charge is -2.44. The van der Waals surface area contributed by atoms with E-state index >= 15 is 0 Å². The first-order valence-electron chi connectivity index (χ1n) is 7.40. The number of carbonyl (C=O) groups excluding carboxylic acids is 1. The molecule has 0 unspecified atom stereocenters. The van der Waals surface area contributed by atoms with Gasteiger partial charge in [0.15, 0.2) is 0 Å². The van der Waals surface area contributed by atoms with Crippen molar-refractivity contribution >= 4 is 11.9 Å². The van der Waals surface area contributed by atoms with Gasteiger partial charge in [-0.05, 0) is 25.7 Å². The van der Waals surface area contributed by atoms with Crippen LogP contribution in [-0.2, 0) is 14.3 Å². The quantitative estimate of drug-likeness (QED) is 0.745. The van der Waals surface area contributed by atoms with E-state index in [9.17, 15) is 9.59 Å². The Morgan fingerprint density at radius 2 is 1.95 bits per heavy atom. The highest BCUT2D eigenvalue weighted by Crippen LogP contribution is 2.42. The summed E-state index contributed by atoms with van der Waals surface area (Å²) in [5.74, 6) is -0.636. The van der Waals surface area contributed by atoms with Crippen LogP contribution in [0.15, 0.2) is 0 Å². The summed E-state index contributed by atoms with van der Waals surface area (Å²) >= 11 is 0. The summed E-state index contributed by atoms with van der Waals surface area (Å²) < 4.78 is 5.53. The van der Waals surface area contributed by atoms with Gasteiger partial charge in [0.1, 0.15) is 0 Å². The van der Waals surface area contributed by atoms with Crippen molar-refractivity contribution in [3.63, 3.8) is 0 Å². The predicted octanol–water partition coefficient (Wildman–Crippen LogP) is 0.598. The summed E-state index contributed by atoms with van der Waals surface area (Å²) in [6.45, 7) is 2.08. The Hall–Kier alpha value is -1.14. The predicted molar refractivity (Wildman–Crippen MR) is 73.1 cm³/mol. The van der Waals surface area contributed by atoms with Crippen LogP contribution in [0.1, 0.15) is 38.5 Å². The van der Waals surface area contributed by atoms with E-state index < -0.39 is 5.97 Å². The van der Waals surface area contributed by atoms with Crippen molar-refractivity contribution in [2.75, 3.05) is 26.2 Å². The molecule has 0 aromatic heterocycles. The Bertz CT molecular complexity index is 355. The van der Waals surface area contributed by atoms with Crippen LogP contribution in [0.5, 0.6) is 0 Å². The molecule has 2 aliphatic rings. The van der Waals surface area contributed by atoms with E-state index in [1.165, 1.54) is 0 Å². The third kappa shape index (κ3) is 3.30. The molecule has 0 aromatic rings. The maximum Gasteiger partial charge on any atom is 0.305 e. The maximum atomic E-state index is 12.5. The molecule has 1 heterocycles. The molecule has 1 aliphatic heterocycles. The Morgan fingerprint density at radius 3 is 2.40 bits per heavy atom. The number of rotatable bonds is 6. The number of ether oxygens (including phenoxy) is 1. The zero-order valence-electron chi connectivity index (χ0n) is 11.8. The Morgan fingerprint density at radius 1 is 1.30 bits per heavy atom. The number of carboxylic acid groups (broad SMARTS) is 1. The molecule has 3 N–H and O–H groups in total. The van der Waals surface area contributed by atoms with Crippen LogP contribution >= 0.6 is 0 Å². The highest BCUT2D eigenvalue weighted by Gasteiger charge is 2.45. The summed E-state index contributed by atoms with van der Waals surface area (Å²) in [4.78, 5) is 24.8. The fraction of sp³-hybridized carbons (Fsp3) is 0.857. The third-order valence-corrected chi connectivity index (χ3v) is 4.55. The first kappa shape index (κ1) is 15.3. The molecule has 0 aromatic carbocycles. The SMILES string of the molecule is NCC1(C(=O)N2CCC(OCCC(=O)O)CC2)CCC1. The summed E-state index contributed by atoms with van der Waals surface area (Å²) in [7, 11) is 0. The minimum atomic E-state index is -0.840. The summed E-state index contributed by atoms with van der Waals surface area (Å²) in [5.41, 5.74) is 5.48. The zero-order chi connectivity index (χ0) is 14.6. The zero-order valence-corrected chi connectivity index (χ0v) is 11.8. The first-order valence-corrected chi connectivity index (χ1v) is 7.40. The van der Waals surface area contributed by atoms with Crippen LogP contribution in [0, 0.1) is 5.41 Å². The standard InChI is InChI=1S/C14H24N2O4/c15-10-14(5-1-6-14)13(19)16-7-2-11(3-8-16)20-9-4-12(17)18/h11H,1-10,15H2,(H,17,18). The highest BCUT2D eigenvalue weighted by molar-refractivity contribution is 5.84. The van der Waals surface area contributed by atoms with Gasteiger partial charge in [0.25, 0.3) is 0 Å². The van der Waals surface area contributed by atoms with Gasteiger partial charge in [0.2, 0.25) is 5.91 Å². The van der Waals surface area contributed by atoms with E-state index in [-0.39, 0.29) is 30.5 Å². The van der Waals surface area contributed by atoms with Gasteiger partial charge >= 0.3 is 5.97 Å². The Kier molecular flexibility index (Phi) is 4.99. The monoisotopic (exact) mass is 284 g/mol. The molecule has 0 spiro atoms. The molecular formula is C14H24N2O4. The number of likely N-dealkylation sites (tertiary alicyclic amines) is 1. The summed E-state index contributed by atoms with van der Waals surface area (Å²) in [6, 6.07) is 0. The summed E-state index contributed by atoms with van der Waals surface area (Å²) in [6.07, 6.45) is 4.61. The molecule has 1 aliphatic carbocycles. The molecule has 0 atom stereocenters. The van der Waals surface area contributed by atoms with Gasteiger partial charge in [-0.1, -0.05) is 6.42 Å². The van der Waals surface area contributed by atoms with E-state index in [0.717, 1.165) is 32.1 Å². The number of aliphatic carboxylic acids is 1. The van der Waals surface area contributed by atoms with E-state index in [4.69, 9.17) is 15.6 Å². The number of hydrogen-bond donors (Lipinski definition) is 2. The Balaban J connectivity index is 1.74. The second kappa shape index (κ2) is 6.54. The fourth-order valence-electron chi connectivity index (χ4n) is 2.98. The van der Waals surface area contributed by atoms with Crippen molar-refractivity contribution < 1.29 is 19.4 Å². The second-order valence-electron chi connectivity index (χ2n) is 5.84. The van der Waals surface area contributed by atoms with Gasteiger partial charge in [-0.25, -0.2) is 0 Å². The first-order chi connectivity index (χ1) is 9.57. The third-order valence-electron chi connectivity index (χ3n) is 4.55. The average molecular weight is 284 g/mol. The largest absolute Gasteiger partial charge is 0.481 e. The normalized spacial score (nSPS) is 22.4. The topological polar surface area (TPSA) is 92.9 Å². The minimum Gasteiger partial charge on any atom is -0.481 e. The van der Waals surface area contributed by atoms with Crippen LogP contribution < -0.4 is 5.73 Å². The van der Waals surface area contributed by atoms with Crippen molar-refractivity contribution in [2.24, 2.45) is 11.1 Å². The lowest BCUT2D eigenvalue weighted by atomic mass is 9.67.